The summed E-state index contributed by atoms with van der Waals surface area (Å²) in [5, 5.41) is 2.96. The van der Waals surface area contributed by atoms with E-state index in [-0.39, 0.29) is 5.91 Å². The topological polar surface area (TPSA) is 89.1 Å². The van der Waals surface area contributed by atoms with Gasteiger partial charge in [-0.25, -0.2) is 9.97 Å². The van der Waals surface area contributed by atoms with Crippen LogP contribution in [0.5, 0.6) is 0 Å². The van der Waals surface area contributed by atoms with Crippen LogP contribution in [-0.4, -0.2) is 34.5 Å². The number of hydrogen-bond donors (Lipinski definition) is 2. The van der Waals surface area contributed by atoms with E-state index in [0.29, 0.717) is 33.7 Å². The van der Waals surface area contributed by atoms with Crippen LogP contribution in [0.2, 0.25) is 0 Å². The molecule has 0 radical (unpaired) electrons. The Morgan fingerprint density at radius 1 is 0.939 bits per heavy atom. The van der Waals surface area contributed by atoms with Crippen molar-refractivity contribution in [2.24, 2.45) is 0 Å². The number of benzene rings is 3. The number of nitrogens with one attached hydrogen (secondary N) is 1. The number of anilines is 3. The van der Waals surface area contributed by atoms with Gasteiger partial charge in [0.1, 0.15) is 16.9 Å². The smallest absolute Gasteiger partial charge is 0.261 e. The molecule has 3 N–H and O–H groups in total. The van der Waals surface area contributed by atoms with Crippen molar-refractivity contribution in [2.45, 2.75) is 6.92 Å². The van der Waals surface area contributed by atoms with Gasteiger partial charge in [0, 0.05) is 31.2 Å². The molecule has 2 heterocycles. The molecule has 33 heavy (non-hydrogen) atoms. The molecule has 0 atom stereocenters. The van der Waals surface area contributed by atoms with Crippen molar-refractivity contribution in [1.82, 2.24) is 14.5 Å². The Kier molecular flexibility index (Phi) is 4.94. The predicted octanol–water partition coefficient (Wildman–Crippen LogP) is 4.78. The lowest BCUT2D eigenvalue weighted by Crippen LogP contribution is -2.14. The Bertz CT molecular complexity index is 1500. The molecule has 0 saturated carbocycles. The molecule has 0 bridgehead atoms. The summed E-state index contributed by atoms with van der Waals surface area (Å²) in [4.78, 5) is 25.0. The second kappa shape index (κ2) is 7.94. The van der Waals surface area contributed by atoms with Gasteiger partial charge in [0.05, 0.1) is 11.0 Å². The summed E-state index contributed by atoms with van der Waals surface area (Å²) in [7, 11) is 3.97. The molecular formula is C26H24N6O. The van der Waals surface area contributed by atoms with E-state index in [1.165, 1.54) is 0 Å². The number of carbonyl (C=O) groups is 1. The third-order valence-corrected chi connectivity index (χ3v) is 5.63. The summed E-state index contributed by atoms with van der Waals surface area (Å²) in [6, 6.07) is 23.2. The lowest BCUT2D eigenvalue weighted by atomic mass is 10.2. The molecule has 0 aliphatic carbocycles. The number of hydrogen-bond acceptors (Lipinski definition) is 5. The molecule has 0 unspecified atom stereocenters. The van der Waals surface area contributed by atoms with Crippen molar-refractivity contribution in [2.75, 3.05) is 30.0 Å². The maximum absolute atomic E-state index is 13.4. The predicted molar refractivity (Wildman–Crippen MR) is 134 cm³/mol. The quantitative estimate of drug-likeness (QED) is 0.423. The number of nitrogen functional groups attached to an aromatic ring is 1. The van der Waals surface area contributed by atoms with E-state index >= 15 is 0 Å². The fourth-order valence-corrected chi connectivity index (χ4v) is 3.96. The monoisotopic (exact) mass is 436 g/mol. The van der Waals surface area contributed by atoms with E-state index in [2.05, 4.69) is 5.32 Å². The van der Waals surface area contributed by atoms with Crippen LogP contribution in [0.3, 0.4) is 0 Å². The van der Waals surface area contributed by atoms with Crippen molar-refractivity contribution in [1.29, 1.82) is 0 Å². The number of nitrogens with two attached hydrogens (primary N) is 1. The molecule has 0 aliphatic heterocycles. The van der Waals surface area contributed by atoms with Crippen molar-refractivity contribution < 1.29 is 4.79 Å². The van der Waals surface area contributed by atoms with E-state index in [0.717, 1.165) is 22.5 Å². The molecular weight excluding hydrogens is 412 g/mol. The molecule has 0 aliphatic rings. The lowest BCUT2D eigenvalue weighted by molar-refractivity contribution is 0.102. The minimum absolute atomic E-state index is 0.295. The Morgan fingerprint density at radius 3 is 2.30 bits per heavy atom. The average Bonchev–Trinajstić information content (AvgIpc) is 3.08. The van der Waals surface area contributed by atoms with Crippen LogP contribution in [-0.2, 0) is 0 Å². The molecule has 1 amide bonds. The van der Waals surface area contributed by atoms with Gasteiger partial charge in [-0.3, -0.25) is 9.36 Å². The van der Waals surface area contributed by atoms with Crippen molar-refractivity contribution in [3.63, 3.8) is 0 Å². The molecule has 2 aromatic heterocycles. The Balaban J connectivity index is 1.72. The third-order valence-electron chi connectivity index (χ3n) is 5.63. The van der Waals surface area contributed by atoms with Crippen molar-refractivity contribution in [3.8, 4) is 5.69 Å². The summed E-state index contributed by atoms with van der Waals surface area (Å²) < 4.78 is 1.79. The molecule has 5 rings (SSSR count). The van der Waals surface area contributed by atoms with Gasteiger partial charge < -0.3 is 16.0 Å². The first kappa shape index (κ1) is 20.5. The van der Waals surface area contributed by atoms with Gasteiger partial charge in [-0.05, 0) is 61.0 Å². The fraction of sp³-hybridized carbons (Fsp3) is 0.115. The number of amides is 1. The molecule has 7 nitrogen and oxygen atoms in total. The first-order chi connectivity index (χ1) is 15.9. The summed E-state index contributed by atoms with van der Waals surface area (Å²) in [6.45, 7) is 1.98. The van der Waals surface area contributed by atoms with Crippen LogP contribution < -0.4 is 16.0 Å². The minimum atomic E-state index is -0.323. The highest BCUT2D eigenvalue weighted by Crippen LogP contribution is 2.32. The van der Waals surface area contributed by atoms with Crippen LogP contribution in [0, 0.1) is 6.92 Å². The van der Waals surface area contributed by atoms with Gasteiger partial charge in [0.2, 0.25) is 0 Å². The number of carbonyl (C=O) groups excluding carboxylic acids is 1. The molecule has 0 saturated heterocycles. The van der Waals surface area contributed by atoms with Gasteiger partial charge in [-0.15, -0.1) is 0 Å². The lowest BCUT2D eigenvalue weighted by Gasteiger charge is -2.14. The molecule has 0 fully saturated rings. The first-order valence-corrected chi connectivity index (χ1v) is 10.6. The number of rotatable bonds is 4. The maximum atomic E-state index is 13.4. The number of para-hydroxylation sites is 2. The van der Waals surface area contributed by atoms with Gasteiger partial charge in [-0.1, -0.05) is 24.3 Å². The largest absolute Gasteiger partial charge is 0.384 e. The Labute approximate surface area is 191 Å². The van der Waals surface area contributed by atoms with Gasteiger partial charge in [-0.2, -0.15) is 0 Å². The van der Waals surface area contributed by atoms with E-state index in [1.54, 1.807) is 4.57 Å². The minimum Gasteiger partial charge on any atom is -0.384 e. The summed E-state index contributed by atoms with van der Waals surface area (Å²) in [5.74, 6) is -0.0283. The van der Waals surface area contributed by atoms with Crippen LogP contribution in [0.4, 0.5) is 17.2 Å². The highest BCUT2D eigenvalue weighted by Gasteiger charge is 2.25. The van der Waals surface area contributed by atoms with E-state index in [1.807, 2.05) is 98.7 Å². The standard InChI is InChI=1S/C26H24N6O/c1-16-7-6-8-17(15-16)28-26(33)22-23-25(30-21-10-5-4-9-20(21)29-23)32(24(22)27)19-13-11-18(12-14-19)31(2)3/h4-15H,27H2,1-3H3,(H,28,33). The number of aryl methyl sites for hydroxylation is 1. The van der Waals surface area contributed by atoms with Crippen LogP contribution in [0.15, 0.2) is 72.8 Å². The molecule has 5 aromatic rings. The summed E-state index contributed by atoms with van der Waals surface area (Å²) in [6.07, 6.45) is 0. The zero-order valence-corrected chi connectivity index (χ0v) is 18.7. The maximum Gasteiger partial charge on any atom is 0.261 e. The molecule has 7 heteroatoms. The zero-order chi connectivity index (χ0) is 23.1. The Morgan fingerprint density at radius 2 is 1.64 bits per heavy atom. The average molecular weight is 437 g/mol. The van der Waals surface area contributed by atoms with Gasteiger partial charge in [0.25, 0.3) is 5.91 Å². The summed E-state index contributed by atoms with van der Waals surface area (Å²) >= 11 is 0. The summed E-state index contributed by atoms with van der Waals surface area (Å²) in [5.41, 5.74) is 13.0. The van der Waals surface area contributed by atoms with Gasteiger partial charge in [0.15, 0.2) is 5.65 Å². The van der Waals surface area contributed by atoms with E-state index < -0.39 is 0 Å². The molecule has 3 aromatic carbocycles. The zero-order valence-electron chi connectivity index (χ0n) is 18.7. The van der Waals surface area contributed by atoms with Crippen molar-refractivity contribution in [3.05, 3.63) is 83.9 Å². The second-order valence-electron chi connectivity index (χ2n) is 8.21. The first-order valence-electron chi connectivity index (χ1n) is 10.6. The van der Waals surface area contributed by atoms with Crippen LogP contribution in [0.25, 0.3) is 27.9 Å². The highest BCUT2D eigenvalue weighted by molar-refractivity contribution is 6.16. The molecule has 0 spiro atoms. The van der Waals surface area contributed by atoms with Crippen LogP contribution >= 0.6 is 0 Å². The highest BCUT2D eigenvalue weighted by atomic mass is 16.1. The van der Waals surface area contributed by atoms with Gasteiger partial charge >= 0.3 is 0 Å². The van der Waals surface area contributed by atoms with Crippen molar-refractivity contribution >= 4 is 45.3 Å². The fourth-order valence-electron chi connectivity index (χ4n) is 3.96. The Hall–Kier alpha value is -4.39. The van der Waals surface area contributed by atoms with Crippen LogP contribution in [0.1, 0.15) is 15.9 Å². The van der Waals surface area contributed by atoms with E-state index in [4.69, 9.17) is 15.7 Å². The normalized spacial score (nSPS) is 11.1. The number of fused-ring (bicyclic) bond motifs is 2. The SMILES string of the molecule is Cc1cccc(NC(=O)c2c(N)n(-c3ccc(N(C)C)cc3)c3nc4ccccc4nc23)c1. The van der Waals surface area contributed by atoms with E-state index in [9.17, 15) is 4.79 Å². The number of nitrogens with zero attached hydrogens (tertiary/aromatic N) is 4. The third kappa shape index (κ3) is 3.63. The second-order valence-corrected chi connectivity index (χ2v) is 8.21. The molecule has 164 valence electrons. The number of aromatic nitrogens is 3.